The van der Waals surface area contributed by atoms with Crippen molar-refractivity contribution in [3.8, 4) is 11.6 Å². The highest BCUT2D eigenvalue weighted by Crippen LogP contribution is 2.40. The molecule has 1 atom stereocenters. The quantitative estimate of drug-likeness (QED) is 0.386. The molecule has 3 aliphatic rings. The molecule has 1 aromatic rings. The molecule has 0 spiro atoms. The first-order chi connectivity index (χ1) is 13.7. The van der Waals surface area contributed by atoms with E-state index in [0.29, 0.717) is 25.0 Å². The summed E-state index contributed by atoms with van der Waals surface area (Å²) in [5.74, 6) is 3.34. The third-order valence-electron chi connectivity index (χ3n) is 7.05. The van der Waals surface area contributed by atoms with Gasteiger partial charge in [0.25, 0.3) is 5.95 Å². The lowest BCUT2D eigenvalue weighted by Gasteiger charge is -2.35. The molecule has 0 radical (unpaired) electrons. The Morgan fingerprint density at radius 2 is 1.75 bits per heavy atom. The molecule has 4 rings (SSSR count). The Kier molecular flexibility index (Phi) is 6.54. The second kappa shape index (κ2) is 9.28. The number of rotatable bonds is 8. The Bertz CT molecular complexity index is 677. The van der Waals surface area contributed by atoms with E-state index in [1.54, 1.807) is 12.1 Å². The molecular weight excluding hydrogens is 353 g/mol. The van der Waals surface area contributed by atoms with Gasteiger partial charge in [0.1, 0.15) is 6.61 Å². The van der Waals surface area contributed by atoms with Gasteiger partial charge in [0.15, 0.2) is 5.75 Å². The summed E-state index contributed by atoms with van der Waals surface area (Å²) < 4.78 is 25.3. The van der Waals surface area contributed by atoms with Crippen LogP contribution < -0.4 is 9.47 Å². The van der Waals surface area contributed by atoms with E-state index >= 15 is 0 Å². The lowest BCUT2D eigenvalue weighted by molar-refractivity contribution is 0.187. The van der Waals surface area contributed by atoms with Gasteiger partial charge in [-0.05, 0) is 80.3 Å². The van der Waals surface area contributed by atoms with Crippen molar-refractivity contribution in [3.05, 3.63) is 29.7 Å². The molecule has 2 saturated carbocycles. The molecule has 2 fully saturated rings. The lowest BCUT2D eigenvalue weighted by Crippen LogP contribution is -2.23. The third kappa shape index (κ3) is 5.27. The maximum Gasteiger partial charge on any atom is 0.258 e. The molecular formula is C24H34FNO2. The highest BCUT2D eigenvalue weighted by molar-refractivity contribution is 5.25. The van der Waals surface area contributed by atoms with Crippen LogP contribution in [-0.4, -0.2) is 18.2 Å². The van der Waals surface area contributed by atoms with Crippen molar-refractivity contribution in [2.75, 3.05) is 13.2 Å². The summed E-state index contributed by atoms with van der Waals surface area (Å²) in [6.07, 6.45) is 15.3. The van der Waals surface area contributed by atoms with Crippen LogP contribution >= 0.6 is 0 Å². The van der Waals surface area contributed by atoms with Crippen LogP contribution in [0.3, 0.4) is 0 Å². The number of halogens is 1. The van der Waals surface area contributed by atoms with Crippen LogP contribution in [0.15, 0.2) is 23.8 Å². The SMILES string of the molecule is CCC1CCC(C2CC=C(COc3ccc(OCC4CC4)c(F)n3)CC2)CC1. The van der Waals surface area contributed by atoms with Crippen LogP contribution in [0.4, 0.5) is 4.39 Å². The van der Waals surface area contributed by atoms with Gasteiger partial charge in [-0.25, -0.2) is 0 Å². The van der Waals surface area contributed by atoms with Crippen molar-refractivity contribution < 1.29 is 13.9 Å². The number of aromatic nitrogens is 1. The molecule has 0 aliphatic heterocycles. The largest absolute Gasteiger partial charge is 0.488 e. The Hall–Kier alpha value is -1.58. The van der Waals surface area contributed by atoms with Crippen LogP contribution in [-0.2, 0) is 0 Å². The Labute approximate surface area is 168 Å². The molecule has 0 amide bonds. The fourth-order valence-corrected chi connectivity index (χ4v) is 4.79. The van der Waals surface area contributed by atoms with Crippen molar-refractivity contribution in [3.63, 3.8) is 0 Å². The number of nitrogens with zero attached hydrogens (tertiary/aromatic N) is 1. The first kappa shape index (κ1) is 19.7. The van der Waals surface area contributed by atoms with Gasteiger partial charge in [0, 0.05) is 6.07 Å². The average molecular weight is 388 g/mol. The van der Waals surface area contributed by atoms with Crippen LogP contribution in [0.5, 0.6) is 11.6 Å². The van der Waals surface area contributed by atoms with Crippen molar-refractivity contribution in [2.24, 2.45) is 23.7 Å². The third-order valence-corrected chi connectivity index (χ3v) is 7.05. The van der Waals surface area contributed by atoms with E-state index in [0.717, 1.165) is 24.2 Å². The Morgan fingerprint density at radius 1 is 0.964 bits per heavy atom. The number of pyridine rings is 1. The highest BCUT2D eigenvalue weighted by atomic mass is 19.1. The van der Waals surface area contributed by atoms with E-state index in [2.05, 4.69) is 18.0 Å². The fourth-order valence-electron chi connectivity index (χ4n) is 4.79. The van der Waals surface area contributed by atoms with Gasteiger partial charge >= 0.3 is 0 Å². The van der Waals surface area contributed by atoms with Crippen molar-refractivity contribution in [2.45, 2.75) is 71.1 Å². The molecule has 1 aromatic heterocycles. The van der Waals surface area contributed by atoms with Gasteiger partial charge in [-0.3, -0.25) is 0 Å². The van der Waals surface area contributed by atoms with Crippen LogP contribution in [0, 0.1) is 29.6 Å². The monoisotopic (exact) mass is 387 g/mol. The van der Waals surface area contributed by atoms with Crippen LogP contribution in [0.2, 0.25) is 0 Å². The summed E-state index contributed by atoms with van der Waals surface area (Å²) in [5, 5.41) is 0. The number of ether oxygens (including phenoxy) is 2. The van der Waals surface area contributed by atoms with Crippen LogP contribution in [0.1, 0.15) is 71.1 Å². The van der Waals surface area contributed by atoms with Gasteiger partial charge in [-0.15, -0.1) is 0 Å². The zero-order valence-corrected chi connectivity index (χ0v) is 17.2. The minimum absolute atomic E-state index is 0.233. The van der Waals surface area contributed by atoms with Gasteiger partial charge in [0.2, 0.25) is 5.88 Å². The summed E-state index contributed by atoms with van der Waals surface area (Å²) in [5.41, 5.74) is 1.33. The summed E-state index contributed by atoms with van der Waals surface area (Å²) in [6, 6.07) is 3.35. The Morgan fingerprint density at radius 3 is 2.39 bits per heavy atom. The number of hydrogen-bond donors (Lipinski definition) is 0. The maximum atomic E-state index is 14.1. The van der Waals surface area contributed by atoms with E-state index in [9.17, 15) is 4.39 Å². The molecule has 0 saturated heterocycles. The van der Waals surface area contributed by atoms with E-state index in [1.807, 2.05) is 0 Å². The number of hydrogen-bond acceptors (Lipinski definition) is 3. The molecule has 154 valence electrons. The first-order valence-electron chi connectivity index (χ1n) is 11.3. The van der Waals surface area contributed by atoms with Crippen molar-refractivity contribution in [1.82, 2.24) is 4.98 Å². The lowest BCUT2D eigenvalue weighted by atomic mass is 9.71. The van der Waals surface area contributed by atoms with E-state index in [4.69, 9.17) is 9.47 Å². The smallest absolute Gasteiger partial charge is 0.258 e. The van der Waals surface area contributed by atoms with Gasteiger partial charge in [0.05, 0.1) is 6.61 Å². The highest BCUT2D eigenvalue weighted by Gasteiger charge is 2.28. The van der Waals surface area contributed by atoms with Gasteiger partial charge in [-0.2, -0.15) is 9.37 Å². The Balaban J connectivity index is 1.22. The topological polar surface area (TPSA) is 31.4 Å². The minimum atomic E-state index is -0.571. The van der Waals surface area contributed by atoms with Gasteiger partial charge < -0.3 is 9.47 Å². The molecule has 0 N–H and O–H groups in total. The molecule has 0 bridgehead atoms. The molecule has 3 aliphatic carbocycles. The normalized spacial score (nSPS) is 27.9. The average Bonchev–Trinajstić information content (AvgIpc) is 3.56. The summed E-state index contributed by atoms with van der Waals surface area (Å²) >= 11 is 0. The van der Waals surface area contributed by atoms with Gasteiger partial charge in [-0.1, -0.05) is 32.3 Å². The molecule has 1 unspecified atom stereocenters. The second-order valence-corrected chi connectivity index (χ2v) is 9.07. The fraction of sp³-hybridized carbons (Fsp3) is 0.708. The predicted octanol–water partition coefficient (Wildman–Crippen LogP) is 6.33. The molecule has 4 heteroatoms. The van der Waals surface area contributed by atoms with E-state index in [1.165, 1.54) is 63.4 Å². The summed E-state index contributed by atoms with van der Waals surface area (Å²) in [7, 11) is 0. The molecule has 1 heterocycles. The minimum Gasteiger partial charge on any atom is -0.488 e. The summed E-state index contributed by atoms with van der Waals surface area (Å²) in [4.78, 5) is 3.92. The second-order valence-electron chi connectivity index (χ2n) is 9.07. The standard InChI is InChI=1S/C24H34FNO2/c1-2-17-5-9-20(10-6-17)21-11-7-19(8-12-21)16-28-23-14-13-22(24(25)26-23)27-15-18-3-4-18/h7,13-14,17-18,20-21H,2-6,8-12,15-16H2,1H3. The van der Waals surface area contributed by atoms with E-state index in [-0.39, 0.29) is 5.75 Å². The van der Waals surface area contributed by atoms with Crippen molar-refractivity contribution >= 4 is 0 Å². The first-order valence-corrected chi connectivity index (χ1v) is 11.3. The molecule has 0 aromatic carbocycles. The zero-order valence-electron chi connectivity index (χ0n) is 17.2. The predicted molar refractivity (Wildman–Crippen MR) is 109 cm³/mol. The number of allylic oxidation sites excluding steroid dienone is 1. The van der Waals surface area contributed by atoms with Crippen LogP contribution in [0.25, 0.3) is 0 Å². The maximum absolute atomic E-state index is 14.1. The van der Waals surface area contributed by atoms with Crippen molar-refractivity contribution in [1.29, 1.82) is 0 Å². The molecule has 28 heavy (non-hydrogen) atoms. The van der Waals surface area contributed by atoms with E-state index < -0.39 is 5.95 Å². The molecule has 3 nitrogen and oxygen atoms in total. The summed E-state index contributed by atoms with van der Waals surface area (Å²) in [6.45, 7) is 3.44. The zero-order chi connectivity index (χ0) is 19.3.